The first-order valence-corrected chi connectivity index (χ1v) is 10.0. The molecular weight excluding hydrogens is 348 g/mol. The molecule has 5 heteroatoms. The van der Waals surface area contributed by atoms with E-state index in [1.165, 1.54) is 17.5 Å². The third-order valence-electron chi connectivity index (χ3n) is 5.59. The summed E-state index contributed by atoms with van der Waals surface area (Å²) in [5.74, 6) is 1.51. The summed E-state index contributed by atoms with van der Waals surface area (Å²) in [6.45, 7) is 7.15. The molecule has 0 fully saturated rings. The Hall–Kier alpha value is -2.66. The van der Waals surface area contributed by atoms with E-state index in [0.717, 1.165) is 48.4 Å². The largest absolute Gasteiger partial charge is 0.478 e. The molecule has 1 aliphatic heterocycles. The Morgan fingerprint density at radius 3 is 2.82 bits per heavy atom. The van der Waals surface area contributed by atoms with Crippen LogP contribution in [0.2, 0.25) is 0 Å². The van der Waals surface area contributed by atoms with Gasteiger partial charge in [0, 0.05) is 30.9 Å². The molecule has 0 amide bonds. The van der Waals surface area contributed by atoms with Crippen LogP contribution in [0.1, 0.15) is 30.4 Å². The van der Waals surface area contributed by atoms with Gasteiger partial charge in [-0.15, -0.1) is 0 Å². The molecule has 1 aromatic carbocycles. The van der Waals surface area contributed by atoms with Crippen LogP contribution in [0, 0.1) is 13.8 Å². The van der Waals surface area contributed by atoms with E-state index >= 15 is 0 Å². The molecule has 0 saturated heterocycles. The van der Waals surface area contributed by atoms with E-state index in [4.69, 9.17) is 9.72 Å². The van der Waals surface area contributed by atoms with Gasteiger partial charge < -0.3 is 14.6 Å². The van der Waals surface area contributed by atoms with E-state index in [-0.39, 0.29) is 0 Å². The summed E-state index contributed by atoms with van der Waals surface area (Å²) >= 11 is 0. The fourth-order valence-corrected chi connectivity index (χ4v) is 3.57. The number of ether oxygens (including phenoxy) is 1. The lowest BCUT2D eigenvalue weighted by molar-refractivity contribution is 0.296. The fourth-order valence-electron chi connectivity index (χ4n) is 3.57. The van der Waals surface area contributed by atoms with Gasteiger partial charge in [0.2, 0.25) is 5.88 Å². The zero-order chi connectivity index (χ0) is 19.5. The van der Waals surface area contributed by atoms with E-state index in [1.807, 2.05) is 18.3 Å². The van der Waals surface area contributed by atoms with Gasteiger partial charge in [0.15, 0.2) is 0 Å². The number of aromatic amines is 1. The maximum atomic E-state index is 5.82. The van der Waals surface area contributed by atoms with Gasteiger partial charge in [-0.2, -0.15) is 0 Å². The Morgan fingerprint density at radius 1 is 1.18 bits per heavy atom. The number of rotatable bonds is 6. The average Bonchev–Trinajstić information content (AvgIpc) is 3.15. The number of nitrogens with zero attached hydrogens (tertiary/aromatic N) is 3. The number of hydrogen-bond donors (Lipinski definition) is 1. The van der Waals surface area contributed by atoms with Crippen molar-refractivity contribution in [2.45, 2.75) is 33.1 Å². The van der Waals surface area contributed by atoms with Crippen molar-refractivity contribution < 1.29 is 4.74 Å². The summed E-state index contributed by atoms with van der Waals surface area (Å²) < 4.78 is 5.82. The van der Waals surface area contributed by atoms with Crippen LogP contribution in [0.5, 0.6) is 5.88 Å². The van der Waals surface area contributed by atoms with E-state index < -0.39 is 0 Å². The van der Waals surface area contributed by atoms with Crippen LogP contribution in [0.4, 0.5) is 0 Å². The molecule has 3 aromatic rings. The van der Waals surface area contributed by atoms with Crippen molar-refractivity contribution in [3.05, 3.63) is 53.2 Å². The Balaban J connectivity index is 1.34. The molecule has 3 heterocycles. The summed E-state index contributed by atoms with van der Waals surface area (Å²) in [5.41, 5.74) is 7.08. The second-order valence-corrected chi connectivity index (χ2v) is 7.70. The zero-order valence-corrected chi connectivity index (χ0v) is 17.0. The minimum Gasteiger partial charge on any atom is -0.478 e. The highest BCUT2D eigenvalue weighted by Gasteiger charge is 2.10. The minimum absolute atomic E-state index is 0.671. The van der Waals surface area contributed by atoms with Crippen molar-refractivity contribution in [3.8, 4) is 17.3 Å². The topological polar surface area (TPSA) is 54.0 Å². The predicted octanol–water partition coefficient (Wildman–Crippen LogP) is 4.66. The van der Waals surface area contributed by atoms with Gasteiger partial charge in [0.05, 0.1) is 17.6 Å². The molecular formula is C23H28N4O. The van der Waals surface area contributed by atoms with Crippen molar-refractivity contribution in [2.75, 3.05) is 26.7 Å². The smallest absolute Gasteiger partial charge is 0.213 e. The van der Waals surface area contributed by atoms with Crippen LogP contribution in [0.25, 0.3) is 22.4 Å². The van der Waals surface area contributed by atoms with Crippen LogP contribution < -0.4 is 4.74 Å². The summed E-state index contributed by atoms with van der Waals surface area (Å²) in [5, 5.41) is 0. The average molecular weight is 377 g/mol. The highest BCUT2D eigenvalue weighted by atomic mass is 16.5. The molecule has 0 spiro atoms. The number of likely N-dealkylation sites (N-methyl/N-ethyl adjacent to an activating group) is 1. The van der Waals surface area contributed by atoms with Gasteiger partial charge in [0.1, 0.15) is 5.82 Å². The number of pyridine rings is 1. The molecule has 0 bridgehead atoms. The van der Waals surface area contributed by atoms with Gasteiger partial charge in [0.25, 0.3) is 0 Å². The van der Waals surface area contributed by atoms with Gasteiger partial charge in [-0.05, 0) is 63.4 Å². The highest BCUT2D eigenvalue weighted by molar-refractivity contribution is 5.83. The van der Waals surface area contributed by atoms with Crippen LogP contribution in [0.15, 0.2) is 42.1 Å². The van der Waals surface area contributed by atoms with Crippen LogP contribution in [-0.4, -0.2) is 46.6 Å². The van der Waals surface area contributed by atoms with Gasteiger partial charge in [-0.25, -0.2) is 9.97 Å². The van der Waals surface area contributed by atoms with E-state index in [0.29, 0.717) is 12.5 Å². The van der Waals surface area contributed by atoms with E-state index in [9.17, 15) is 0 Å². The van der Waals surface area contributed by atoms with E-state index in [1.54, 1.807) is 5.57 Å². The Bertz CT molecular complexity index is 988. The molecule has 1 aliphatic rings. The van der Waals surface area contributed by atoms with Crippen molar-refractivity contribution in [2.24, 2.45) is 0 Å². The maximum Gasteiger partial charge on any atom is 0.213 e. The molecule has 1 N–H and O–H groups in total. The fraction of sp³-hybridized carbons (Fsp3) is 0.391. The van der Waals surface area contributed by atoms with Gasteiger partial charge in [-0.3, -0.25) is 0 Å². The van der Waals surface area contributed by atoms with Crippen molar-refractivity contribution in [3.63, 3.8) is 0 Å². The third kappa shape index (κ3) is 4.09. The number of nitrogens with one attached hydrogen (secondary N) is 1. The lowest BCUT2D eigenvalue weighted by Gasteiger charge is -2.21. The molecule has 146 valence electrons. The number of fused-ring (bicyclic) bond motifs is 1. The SMILES string of the molecule is Cc1ccc2[nH]c(-c3ccc(OCCCC4=CCN(C)CC4)nc3)nc2c1C. The number of aromatic nitrogens is 3. The molecule has 28 heavy (non-hydrogen) atoms. The molecule has 0 radical (unpaired) electrons. The first kappa shape index (κ1) is 18.7. The number of hydrogen-bond acceptors (Lipinski definition) is 4. The summed E-state index contributed by atoms with van der Waals surface area (Å²) in [6, 6.07) is 8.15. The summed E-state index contributed by atoms with van der Waals surface area (Å²) in [4.78, 5) is 14.9. The van der Waals surface area contributed by atoms with Crippen LogP contribution >= 0.6 is 0 Å². The number of imidazole rings is 1. The Labute approximate surface area is 166 Å². The lowest BCUT2D eigenvalue weighted by Crippen LogP contribution is -2.24. The molecule has 4 rings (SSSR count). The molecule has 5 nitrogen and oxygen atoms in total. The first-order valence-electron chi connectivity index (χ1n) is 10.0. The molecule has 0 unspecified atom stereocenters. The molecule has 0 atom stereocenters. The molecule has 2 aromatic heterocycles. The zero-order valence-electron chi connectivity index (χ0n) is 17.0. The summed E-state index contributed by atoms with van der Waals surface area (Å²) in [6.07, 6.45) is 7.51. The molecule has 0 saturated carbocycles. The van der Waals surface area contributed by atoms with E-state index in [2.05, 4.69) is 54.0 Å². The quantitative estimate of drug-likeness (QED) is 0.502. The number of benzene rings is 1. The van der Waals surface area contributed by atoms with Gasteiger partial charge in [-0.1, -0.05) is 17.7 Å². The Morgan fingerprint density at radius 2 is 2.07 bits per heavy atom. The predicted molar refractivity (Wildman–Crippen MR) is 114 cm³/mol. The van der Waals surface area contributed by atoms with Crippen molar-refractivity contribution in [1.29, 1.82) is 0 Å². The maximum absolute atomic E-state index is 5.82. The monoisotopic (exact) mass is 376 g/mol. The highest BCUT2D eigenvalue weighted by Crippen LogP contribution is 2.25. The third-order valence-corrected chi connectivity index (χ3v) is 5.59. The second-order valence-electron chi connectivity index (χ2n) is 7.70. The first-order chi connectivity index (χ1) is 13.6. The van der Waals surface area contributed by atoms with Crippen molar-refractivity contribution in [1.82, 2.24) is 19.9 Å². The number of H-pyrrole nitrogens is 1. The van der Waals surface area contributed by atoms with Crippen LogP contribution in [-0.2, 0) is 0 Å². The standard InChI is InChI=1S/C23H28N4O/c1-16-6-8-20-22(17(16)2)26-23(25-20)19-7-9-21(24-15-19)28-14-4-5-18-10-12-27(3)13-11-18/h6-10,15H,4-5,11-14H2,1-3H3,(H,25,26). The van der Waals surface area contributed by atoms with Crippen molar-refractivity contribution >= 4 is 11.0 Å². The summed E-state index contributed by atoms with van der Waals surface area (Å²) in [7, 11) is 2.17. The second kappa shape index (κ2) is 8.15. The molecule has 0 aliphatic carbocycles. The lowest BCUT2D eigenvalue weighted by atomic mass is 10.0. The number of aryl methyl sites for hydroxylation is 2. The van der Waals surface area contributed by atoms with Gasteiger partial charge >= 0.3 is 0 Å². The minimum atomic E-state index is 0.671. The Kier molecular flexibility index (Phi) is 5.44. The van der Waals surface area contributed by atoms with Crippen LogP contribution in [0.3, 0.4) is 0 Å². The normalized spacial score (nSPS) is 15.0.